The Morgan fingerprint density at radius 2 is 1.87 bits per heavy atom. The van der Waals surface area contributed by atoms with Crippen LogP contribution in [0.2, 0.25) is 10.0 Å². The number of nitrogens with zero attached hydrogens (tertiary/aromatic N) is 3. The summed E-state index contributed by atoms with van der Waals surface area (Å²) < 4.78 is 5.97. The third-order valence-electron chi connectivity index (χ3n) is 5.30. The van der Waals surface area contributed by atoms with Crippen molar-refractivity contribution in [3.63, 3.8) is 0 Å². The Hall–Kier alpha value is -2.74. The minimum absolute atomic E-state index is 0.00687. The van der Waals surface area contributed by atoms with Gasteiger partial charge in [-0.15, -0.1) is 10.2 Å². The van der Waals surface area contributed by atoms with Crippen LogP contribution in [0, 0.1) is 6.92 Å². The zero-order chi connectivity index (χ0) is 21.9. The first-order chi connectivity index (χ1) is 14.9. The Kier molecular flexibility index (Phi) is 4.84. The molecular weight excluding hydrogens is 457 g/mol. The number of halogens is 2. The molecule has 0 aliphatic carbocycles. The lowest BCUT2D eigenvalue weighted by Gasteiger charge is -2.22. The second-order valence-electron chi connectivity index (χ2n) is 7.23. The van der Waals surface area contributed by atoms with Crippen molar-refractivity contribution in [2.24, 2.45) is 0 Å². The molecule has 1 atom stereocenters. The molecule has 1 aliphatic rings. The lowest BCUT2D eigenvalue weighted by Crippen LogP contribution is -2.29. The van der Waals surface area contributed by atoms with E-state index in [1.807, 2.05) is 13.8 Å². The number of fused-ring (bicyclic) bond motifs is 2. The van der Waals surface area contributed by atoms with Crippen molar-refractivity contribution in [1.82, 2.24) is 10.2 Å². The highest BCUT2D eigenvalue weighted by Gasteiger charge is 2.45. The van der Waals surface area contributed by atoms with Crippen LogP contribution in [0.15, 0.2) is 45.6 Å². The summed E-state index contributed by atoms with van der Waals surface area (Å²) in [7, 11) is 0. The van der Waals surface area contributed by atoms with Crippen LogP contribution >= 0.6 is 34.5 Å². The van der Waals surface area contributed by atoms with Gasteiger partial charge in [-0.05, 0) is 48.7 Å². The second-order valence-corrected chi connectivity index (χ2v) is 9.12. The van der Waals surface area contributed by atoms with Gasteiger partial charge in [0.1, 0.15) is 10.6 Å². The molecule has 1 aliphatic heterocycles. The maximum absolute atomic E-state index is 13.6. The van der Waals surface area contributed by atoms with Crippen LogP contribution < -0.4 is 10.3 Å². The van der Waals surface area contributed by atoms with Gasteiger partial charge in [-0.2, -0.15) is 0 Å². The zero-order valence-corrected chi connectivity index (χ0v) is 18.8. The maximum atomic E-state index is 13.6. The minimum atomic E-state index is -0.710. The van der Waals surface area contributed by atoms with E-state index >= 15 is 0 Å². The molecule has 1 unspecified atom stereocenters. The normalized spacial score (nSPS) is 15.7. The highest BCUT2D eigenvalue weighted by atomic mass is 35.5. The average Bonchev–Trinajstić information content (AvgIpc) is 3.33. The number of rotatable bonds is 3. The number of aryl methyl sites for hydroxylation is 2. The number of hydrogen-bond donors (Lipinski definition) is 0. The summed E-state index contributed by atoms with van der Waals surface area (Å²) in [6.45, 7) is 3.78. The molecule has 2 aromatic carbocycles. The van der Waals surface area contributed by atoms with Crippen molar-refractivity contribution < 1.29 is 9.21 Å². The van der Waals surface area contributed by atoms with E-state index in [4.69, 9.17) is 27.6 Å². The molecule has 0 spiro atoms. The van der Waals surface area contributed by atoms with E-state index in [1.165, 1.54) is 16.2 Å². The monoisotopic (exact) mass is 471 g/mol. The van der Waals surface area contributed by atoms with Gasteiger partial charge in [-0.25, -0.2) is 0 Å². The molecule has 5 rings (SSSR count). The van der Waals surface area contributed by atoms with E-state index in [2.05, 4.69) is 10.2 Å². The quantitative estimate of drug-likeness (QED) is 0.390. The van der Waals surface area contributed by atoms with Gasteiger partial charge in [-0.3, -0.25) is 14.5 Å². The lowest BCUT2D eigenvalue weighted by molar-refractivity contribution is 0.0970. The predicted molar refractivity (Wildman–Crippen MR) is 122 cm³/mol. The van der Waals surface area contributed by atoms with Crippen molar-refractivity contribution in [3.05, 3.63) is 84.1 Å². The van der Waals surface area contributed by atoms with Gasteiger partial charge in [-0.1, -0.05) is 53.6 Å². The lowest BCUT2D eigenvalue weighted by atomic mass is 9.98. The SMILES string of the molecule is CCc1nnc(N2C(=O)c3oc4cc(C)c(Cl)cc4c(=O)c3C2c2ccc(Cl)cc2)s1. The van der Waals surface area contributed by atoms with Crippen LogP contribution in [0.4, 0.5) is 5.13 Å². The Morgan fingerprint density at radius 1 is 1.13 bits per heavy atom. The summed E-state index contributed by atoms with van der Waals surface area (Å²) >= 11 is 13.6. The van der Waals surface area contributed by atoms with Crippen molar-refractivity contribution in [1.29, 1.82) is 0 Å². The number of amides is 1. The molecule has 1 amide bonds. The molecule has 4 aromatic rings. The first kappa shape index (κ1) is 20.2. The number of carbonyl (C=O) groups is 1. The Labute approximate surface area is 191 Å². The molecule has 0 saturated carbocycles. The minimum Gasteiger partial charge on any atom is -0.450 e. The van der Waals surface area contributed by atoms with Gasteiger partial charge >= 0.3 is 0 Å². The molecule has 2 aromatic heterocycles. The van der Waals surface area contributed by atoms with E-state index in [0.29, 0.717) is 32.6 Å². The highest BCUT2D eigenvalue weighted by Crippen LogP contribution is 2.42. The predicted octanol–water partition coefficient (Wildman–Crippen LogP) is 5.57. The highest BCUT2D eigenvalue weighted by molar-refractivity contribution is 7.15. The van der Waals surface area contributed by atoms with E-state index in [-0.39, 0.29) is 16.8 Å². The molecule has 0 fully saturated rings. The van der Waals surface area contributed by atoms with Crippen LogP contribution in [0.3, 0.4) is 0 Å². The van der Waals surface area contributed by atoms with Gasteiger partial charge in [0.25, 0.3) is 5.91 Å². The van der Waals surface area contributed by atoms with Crippen molar-refractivity contribution in [2.45, 2.75) is 26.3 Å². The number of carbonyl (C=O) groups excluding carboxylic acids is 1. The fourth-order valence-corrected chi connectivity index (χ4v) is 4.83. The van der Waals surface area contributed by atoms with Gasteiger partial charge in [0.05, 0.1) is 17.0 Å². The molecule has 31 heavy (non-hydrogen) atoms. The molecule has 0 N–H and O–H groups in total. The second kappa shape index (κ2) is 7.44. The fourth-order valence-electron chi connectivity index (χ4n) is 3.74. The standard InChI is InChI=1S/C22H15Cl2N3O3S/c1-3-16-25-26-22(31-16)27-18(11-4-6-12(23)7-5-11)17-19(28)13-9-14(24)10(2)8-15(13)30-20(17)21(27)29/h4-9,18H,3H2,1-2H3. The van der Waals surface area contributed by atoms with Gasteiger partial charge in [0, 0.05) is 10.0 Å². The summed E-state index contributed by atoms with van der Waals surface area (Å²) in [5, 5.41) is 10.9. The van der Waals surface area contributed by atoms with Crippen LogP contribution in [-0.4, -0.2) is 16.1 Å². The summed E-state index contributed by atoms with van der Waals surface area (Å²) in [5.41, 5.74) is 1.75. The largest absolute Gasteiger partial charge is 0.450 e. The van der Waals surface area contributed by atoms with Crippen molar-refractivity contribution in [2.75, 3.05) is 4.90 Å². The summed E-state index contributed by atoms with van der Waals surface area (Å²) in [6.07, 6.45) is 0.692. The van der Waals surface area contributed by atoms with Gasteiger partial charge < -0.3 is 4.42 Å². The molecule has 0 saturated heterocycles. The molecule has 3 heterocycles. The van der Waals surface area contributed by atoms with Crippen LogP contribution in [0.25, 0.3) is 11.0 Å². The first-order valence-electron chi connectivity index (χ1n) is 9.57. The average molecular weight is 472 g/mol. The van der Waals surface area contributed by atoms with Crippen molar-refractivity contribution in [3.8, 4) is 0 Å². The van der Waals surface area contributed by atoms with Gasteiger partial charge in [0.2, 0.25) is 10.9 Å². The molecule has 6 nitrogen and oxygen atoms in total. The third-order valence-corrected chi connectivity index (χ3v) is 7.03. The maximum Gasteiger partial charge on any atom is 0.297 e. The summed E-state index contributed by atoms with van der Waals surface area (Å²) in [4.78, 5) is 28.5. The third kappa shape index (κ3) is 3.15. The number of aromatic nitrogens is 2. The molecule has 9 heteroatoms. The number of anilines is 1. The Bertz CT molecular complexity index is 1410. The van der Waals surface area contributed by atoms with Crippen LogP contribution in [0.5, 0.6) is 0 Å². The number of hydrogen-bond acceptors (Lipinski definition) is 6. The summed E-state index contributed by atoms with van der Waals surface area (Å²) in [6, 6.07) is 9.57. The van der Waals surface area contributed by atoms with E-state index in [0.717, 1.165) is 16.1 Å². The smallest absolute Gasteiger partial charge is 0.297 e. The zero-order valence-electron chi connectivity index (χ0n) is 16.5. The summed E-state index contributed by atoms with van der Waals surface area (Å²) in [5.74, 6) is -0.423. The Morgan fingerprint density at radius 3 is 2.55 bits per heavy atom. The van der Waals surface area contributed by atoms with Crippen LogP contribution in [-0.2, 0) is 6.42 Å². The molecule has 156 valence electrons. The number of benzene rings is 2. The van der Waals surface area contributed by atoms with E-state index in [1.54, 1.807) is 36.4 Å². The first-order valence-corrected chi connectivity index (χ1v) is 11.1. The topological polar surface area (TPSA) is 76.3 Å². The van der Waals surface area contributed by atoms with E-state index < -0.39 is 11.9 Å². The Balaban J connectivity index is 1.81. The molecular formula is C22H15Cl2N3O3S. The fraction of sp³-hybridized carbons (Fsp3) is 0.182. The van der Waals surface area contributed by atoms with Crippen molar-refractivity contribution >= 4 is 56.5 Å². The van der Waals surface area contributed by atoms with E-state index in [9.17, 15) is 9.59 Å². The van der Waals surface area contributed by atoms with Gasteiger partial charge in [0.15, 0.2) is 5.43 Å². The molecule has 0 radical (unpaired) electrons. The van der Waals surface area contributed by atoms with Crippen LogP contribution in [0.1, 0.15) is 45.2 Å². The molecule has 0 bridgehead atoms.